The van der Waals surface area contributed by atoms with E-state index in [9.17, 15) is 14.0 Å². The fourth-order valence-corrected chi connectivity index (χ4v) is 2.96. The Balaban J connectivity index is 0.00000301. The maximum atomic E-state index is 14.9. The number of halogens is 1. The Morgan fingerprint density at radius 1 is 1.31 bits per heavy atom. The Kier molecular flexibility index (Phi) is 10.5. The average molecular weight is 386 g/mol. The molecule has 0 saturated carbocycles. The first kappa shape index (κ1) is 24.4. The Morgan fingerprint density at radius 3 is 2.31 bits per heavy atom. The molecule has 1 saturated heterocycles. The zero-order valence-corrected chi connectivity index (χ0v) is 17.7. The molecule has 1 amide bonds. The molecule has 1 rings (SSSR count). The Hall–Kier alpha value is -1.56. The average Bonchev–Trinajstić information content (AvgIpc) is 2.63. The van der Waals surface area contributed by atoms with Crippen LogP contribution in [0.3, 0.4) is 0 Å². The minimum atomic E-state index is -0.750. The molecule has 1 unspecified atom stereocenters. The van der Waals surface area contributed by atoms with Crippen molar-refractivity contribution in [1.29, 1.82) is 0 Å². The topological polar surface area (TPSA) is 46.6 Å². The number of carbonyl (C=O) groups excluding carboxylic acids is 2. The highest BCUT2D eigenvalue weighted by Gasteiger charge is 2.33. The number of likely N-dealkylation sites (tertiary alicyclic amines) is 1. The molecule has 0 aromatic heterocycles. The number of carbonyl (C=O) groups is 2. The van der Waals surface area contributed by atoms with E-state index in [1.165, 1.54) is 13.2 Å². The van der Waals surface area contributed by atoms with Crippen molar-refractivity contribution in [2.45, 2.75) is 40.5 Å². The summed E-state index contributed by atoms with van der Waals surface area (Å²) in [6.45, 7) is 12.0. The van der Waals surface area contributed by atoms with E-state index in [2.05, 4.69) is 23.9 Å². The smallest absolute Gasteiger partial charge is 0.340 e. The van der Waals surface area contributed by atoms with Gasteiger partial charge in [-0.3, -0.25) is 4.79 Å². The van der Waals surface area contributed by atoms with Gasteiger partial charge in [-0.05, 0) is 31.6 Å². The molecule has 26 heavy (non-hydrogen) atoms. The lowest BCUT2D eigenvalue weighted by Gasteiger charge is -2.37. The van der Waals surface area contributed by atoms with Crippen LogP contribution in [-0.2, 0) is 14.3 Å². The normalized spacial score (nSPS) is 19.0. The number of allylic oxidation sites excluding steroid dienone is 2. The summed E-state index contributed by atoms with van der Waals surface area (Å²) in [6.07, 6.45) is 6.11. The molecule has 0 aliphatic carbocycles. The maximum absolute atomic E-state index is 14.9. The molecule has 0 N–H and O–H groups in total. The molecule has 0 spiro atoms. The van der Waals surface area contributed by atoms with E-state index in [1.54, 1.807) is 24.2 Å². The Bertz CT molecular complexity index is 576. The van der Waals surface area contributed by atoms with Crippen molar-refractivity contribution in [3.05, 3.63) is 35.7 Å². The van der Waals surface area contributed by atoms with Crippen LogP contribution in [0.2, 0.25) is 0 Å². The van der Waals surface area contributed by atoms with Crippen LogP contribution in [0.1, 0.15) is 40.5 Å². The summed E-state index contributed by atoms with van der Waals surface area (Å²) in [5.41, 5.74) is -0.212. The number of piperidine rings is 1. The van der Waals surface area contributed by atoms with Crippen LogP contribution in [-0.4, -0.2) is 43.2 Å². The number of amides is 1. The second-order valence-corrected chi connectivity index (χ2v) is 7.01. The third kappa shape index (κ3) is 6.31. The van der Waals surface area contributed by atoms with Gasteiger partial charge in [-0.2, -0.15) is 12.6 Å². The molecule has 0 aromatic rings. The van der Waals surface area contributed by atoms with Crippen molar-refractivity contribution in [3.8, 4) is 0 Å². The highest BCUT2D eigenvalue weighted by Crippen LogP contribution is 2.33. The van der Waals surface area contributed by atoms with Crippen LogP contribution in [0.15, 0.2) is 35.7 Å². The molecule has 0 bridgehead atoms. The molecule has 1 atom stereocenters. The molecule has 1 fully saturated rings. The molecule has 1 heterocycles. The van der Waals surface area contributed by atoms with Crippen molar-refractivity contribution < 1.29 is 18.7 Å². The third-order valence-electron chi connectivity index (χ3n) is 4.20. The van der Waals surface area contributed by atoms with E-state index in [4.69, 9.17) is 0 Å². The second-order valence-electron chi connectivity index (χ2n) is 7.01. The lowest BCUT2D eigenvalue weighted by Crippen LogP contribution is -2.45. The van der Waals surface area contributed by atoms with Crippen molar-refractivity contribution in [3.63, 3.8) is 0 Å². The van der Waals surface area contributed by atoms with Gasteiger partial charge in [0.05, 0.1) is 12.7 Å². The summed E-state index contributed by atoms with van der Waals surface area (Å²) >= 11 is 3.53. The molecular formula is C20H32FNO3S. The first-order valence-electron chi connectivity index (χ1n) is 8.68. The highest BCUT2D eigenvalue weighted by atomic mass is 32.1. The van der Waals surface area contributed by atoms with E-state index >= 15 is 0 Å². The number of esters is 1. The van der Waals surface area contributed by atoms with E-state index in [1.807, 2.05) is 20.8 Å². The number of methoxy groups -OCH3 is 1. The van der Waals surface area contributed by atoms with E-state index < -0.39 is 17.2 Å². The summed E-state index contributed by atoms with van der Waals surface area (Å²) < 4.78 is 19.5. The maximum Gasteiger partial charge on any atom is 0.340 e. The summed E-state index contributed by atoms with van der Waals surface area (Å²) in [4.78, 5) is 26.0. The third-order valence-corrected chi connectivity index (χ3v) is 4.20. The first-order valence-corrected chi connectivity index (χ1v) is 9.58. The zero-order chi connectivity index (χ0) is 20.5. The molecule has 0 radical (unpaired) electrons. The van der Waals surface area contributed by atoms with Crippen LogP contribution in [0.25, 0.3) is 0 Å². The van der Waals surface area contributed by atoms with Crippen molar-refractivity contribution in [2.75, 3.05) is 26.5 Å². The summed E-state index contributed by atoms with van der Waals surface area (Å²) in [7, 11) is 1.21. The molecule has 148 valence electrons. The number of hydrogen-bond acceptors (Lipinski definition) is 4. The van der Waals surface area contributed by atoms with Crippen molar-refractivity contribution >= 4 is 24.5 Å². The number of thiol groups is 1. The predicted molar refractivity (Wildman–Crippen MR) is 108 cm³/mol. The van der Waals surface area contributed by atoms with E-state index in [0.29, 0.717) is 18.7 Å². The van der Waals surface area contributed by atoms with Gasteiger partial charge in [0.15, 0.2) is 0 Å². The zero-order valence-electron chi connectivity index (χ0n) is 16.8. The number of nitrogens with zero attached hydrogens (tertiary/aromatic N) is 1. The highest BCUT2D eigenvalue weighted by molar-refractivity contribution is 7.79. The fraction of sp³-hybridized carbons (Fsp3) is 0.600. The number of ether oxygens (including phenoxy) is 1. The van der Waals surface area contributed by atoms with Gasteiger partial charge in [-0.1, -0.05) is 39.5 Å². The lowest BCUT2D eigenvalue weighted by molar-refractivity contribution is -0.141. The largest absolute Gasteiger partial charge is 0.465 e. The molecule has 4 nitrogen and oxygen atoms in total. The van der Waals surface area contributed by atoms with Gasteiger partial charge in [0.1, 0.15) is 5.83 Å². The van der Waals surface area contributed by atoms with Crippen LogP contribution < -0.4 is 0 Å². The Labute approximate surface area is 162 Å². The summed E-state index contributed by atoms with van der Waals surface area (Å²) in [6, 6.07) is 0. The van der Waals surface area contributed by atoms with Gasteiger partial charge >= 0.3 is 5.97 Å². The fourth-order valence-electron chi connectivity index (χ4n) is 2.96. The van der Waals surface area contributed by atoms with Crippen LogP contribution in [0.5, 0.6) is 0 Å². The summed E-state index contributed by atoms with van der Waals surface area (Å²) in [5.74, 6) is -1.45. The van der Waals surface area contributed by atoms with Crippen molar-refractivity contribution in [2.24, 2.45) is 11.3 Å². The molecule has 6 heteroatoms. The summed E-state index contributed by atoms with van der Waals surface area (Å²) in [5, 5.41) is 0. The Morgan fingerprint density at radius 2 is 1.88 bits per heavy atom. The quantitative estimate of drug-likeness (QED) is 0.339. The standard InChI is InChI=1S/C19H28FNO3.CH4S/c1-7-14(16(20)15(8-2)17(22)24-6)13-10-9-11-21(12-13)18(23)19(3,4)5;1-2/h7-8,13H,2,9-12H2,1,3-6H3;2H,1H3/b14-7-,16-15-;. The molecule has 0 aromatic carbocycles. The molecule has 1 aliphatic heterocycles. The van der Waals surface area contributed by atoms with Crippen LogP contribution >= 0.6 is 12.6 Å². The minimum absolute atomic E-state index is 0.0592. The lowest BCUT2D eigenvalue weighted by atomic mass is 9.86. The first-order chi connectivity index (χ1) is 12.2. The van der Waals surface area contributed by atoms with Crippen LogP contribution in [0, 0.1) is 11.3 Å². The van der Waals surface area contributed by atoms with E-state index in [0.717, 1.165) is 12.8 Å². The van der Waals surface area contributed by atoms with Gasteiger partial charge in [-0.25, -0.2) is 9.18 Å². The minimum Gasteiger partial charge on any atom is -0.465 e. The van der Waals surface area contributed by atoms with Gasteiger partial charge in [0.2, 0.25) is 5.91 Å². The van der Waals surface area contributed by atoms with Gasteiger partial charge in [-0.15, -0.1) is 0 Å². The predicted octanol–water partition coefficient (Wildman–Crippen LogP) is 4.35. The van der Waals surface area contributed by atoms with Gasteiger partial charge < -0.3 is 9.64 Å². The monoisotopic (exact) mass is 385 g/mol. The van der Waals surface area contributed by atoms with E-state index in [-0.39, 0.29) is 17.4 Å². The SMILES string of the molecule is C=C/C(C(=O)OC)=C(F)\C(=C/C)C1CCCN(C(=O)C(C)(C)C)C1.CS. The van der Waals surface area contributed by atoms with Gasteiger partial charge in [0.25, 0.3) is 0 Å². The van der Waals surface area contributed by atoms with Gasteiger partial charge in [0, 0.05) is 24.4 Å². The number of rotatable bonds is 4. The molecular weight excluding hydrogens is 353 g/mol. The molecule has 1 aliphatic rings. The second kappa shape index (κ2) is 11.2. The van der Waals surface area contributed by atoms with Crippen molar-refractivity contribution in [1.82, 2.24) is 4.90 Å². The van der Waals surface area contributed by atoms with Crippen LogP contribution in [0.4, 0.5) is 4.39 Å². The number of hydrogen-bond donors (Lipinski definition) is 1.